The molecule has 176 valence electrons. The molecule has 0 aliphatic carbocycles. The highest BCUT2D eigenvalue weighted by atomic mass is 16.5. The molecule has 0 aliphatic heterocycles. The molecule has 4 rings (SSSR count). The van der Waals surface area contributed by atoms with Crippen molar-refractivity contribution in [2.45, 2.75) is 32.9 Å². The van der Waals surface area contributed by atoms with E-state index >= 15 is 0 Å². The Labute approximate surface area is 196 Å². The van der Waals surface area contributed by atoms with Crippen molar-refractivity contribution in [3.63, 3.8) is 0 Å². The Bertz CT molecular complexity index is 1420. The predicted octanol–water partition coefficient (Wildman–Crippen LogP) is 3.26. The summed E-state index contributed by atoms with van der Waals surface area (Å²) in [6, 6.07) is 17.6. The first kappa shape index (κ1) is 23.0. The van der Waals surface area contributed by atoms with E-state index in [2.05, 4.69) is 22.4 Å². The van der Waals surface area contributed by atoms with Gasteiger partial charge in [-0.15, -0.1) is 0 Å². The number of aromatic nitrogens is 4. The van der Waals surface area contributed by atoms with Gasteiger partial charge in [-0.25, -0.2) is 10.2 Å². The van der Waals surface area contributed by atoms with Crippen LogP contribution in [0, 0.1) is 0 Å². The summed E-state index contributed by atoms with van der Waals surface area (Å²) in [5.74, 6) is 1.19. The van der Waals surface area contributed by atoms with Crippen molar-refractivity contribution in [3.05, 3.63) is 86.6 Å². The van der Waals surface area contributed by atoms with Gasteiger partial charge >= 0.3 is 5.69 Å². The molecule has 0 atom stereocenters. The number of aryl methyl sites for hydroxylation is 2. The molecule has 34 heavy (non-hydrogen) atoms. The Morgan fingerprint density at radius 3 is 2.47 bits per heavy atom. The van der Waals surface area contributed by atoms with E-state index in [0.29, 0.717) is 30.3 Å². The normalized spacial score (nSPS) is 11.4. The van der Waals surface area contributed by atoms with Crippen molar-refractivity contribution in [2.24, 2.45) is 19.2 Å². The quantitative estimate of drug-likeness (QED) is 0.306. The minimum Gasteiger partial charge on any atom is -0.489 e. The zero-order chi connectivity index (χ0) is 24.1. The summed E-state index contributed by atoms with van der Waals surface area (Å²) in [4.78, 5) is 29.6. The molecular weight excluding hydrogens is 432 g/mol. The van der Waals surface area contributed by atoms with Gasteiger partial charge in [0.1, 0.15) is 12.4 Å². The summed E-state index contributed by atoms with van der Waals surface area (Å²) in [7, 11) is 3.08. The Kier molecular flexibility index (Phi) is 6.91. The molecule has 4 aromatic rings. The zero-order valence-electron chi connectivity index (χ0n) is 19.6. The number of nitrogens with zero attached hydrogens (tertiary/aromatic N) is 5. The van der Waals surface area contributed by atoms with Crippen LogP contribution in [-0.2, 0) is 27.2 Å². The summed E-state index contributed by atoms with van der Waals surface area (Å²) < 4.78 is 10.1. The van der Waals surface area contributed by atoms with Crippen molar-refractivity contribution in [2.75, 3.05) is 5.43 Å². The third-order valence-corrected chi connectivity index (χ3v) is 5.59. The largest absolute Gasteiger partial charge is 0.489 e. The number of nitrogens with one attached hydrogen (secondary N) is 1. The molecule has 1 N–H and O–H groups in total. The Hall–Kier alpha value is -4.14. The van der Waals surface area contributed by atoms with Crippen LogP contribution in [0.25, 0.3) is 11.2 Å². The lowest BCUT2D eigenvalue weighted by Gasteiger charge is -2.08. The van der Waals surface area contributed by atoms with Crippen molar-refractivity contribution < 1.29 is 4.74 Å². The van der Waals surface area contributed by atoms with Crippen LogP contribution in [0.2, 0.25) is 0 Å². The third kappa shape index (κ3) is 4.78. The SMILES string of the molecule is CCCCn1c(NN=Cc2ccc(OCc3ccccc3)cc2)nc2c1c(=O)n(C)c(=O)n2C. The second-order valence-corrected chi connectivity index (χ2v) is 8.03. The van der Waals surface area contributed by atoms with Gasteiger partial charge in [0.25, 0.3) is 5.56 Å². The van der Waals surface area contributed by atoms with Crippen LogP contribution in [0.15, 0.2) is 69.3 Å². The highest BCUT2D eigenvalue weighted by molar-refractivity contribution is 5.80. The van der Waals surface area contributed by atoms with E-state index in [9.17, 15) is 9.59 Å². The number of hydrogen-bond donors (Lipinski definition) is 1. The first-order chi connectivity index (χ1) is 16.5. The number of benzene rings is 2. The maximum atomic E-state index is 12.8. The molecule has 9 nitrogen and oxygen atoms in total. The molecule has 0 unspecified atom stereocenters. The lowest BCUT2D eigenvalue weighted by Crippen LogP contribution is -2.37. The molecule has 2 aromatic heterocycles. The number of fused-ring (bicyclic) bond motifs is 1. The molecule has 0 saturated heterocycles. The number of rotatable bonds is 9. The number of ether oxygens (including phenoxy) is 1. The van der Waals surface area contributed by atoms with Crippen molar-refractivity contribution in [1.29, 1.82) is 0 Å². The number of anilines is 1. The van der Waals surface area contributed by atoms with Crippen LogP contribution < -0.4 is 21.4 Å². The van der Waals surface area contributed by atoms with Crippen LogP contribution in [-0.4, -0.2) is 24.9 Å². The van der Waals surface area contributed by atoms with Crippen molar-refractivity contribution >= 4 is 23.3 Å². The Morgan fingerprint density at radius 1 is 1.03 bits per heavy atom. The van der Waals surface area contributed by atoms with Crippen LogP contribution in [0.5, 0.6) is 5.75 Å². The first-order valence-corrected chi connectivity index (χ1v) is 11.2. The molecule has 0 fully saturated rings. The summed E-state index contributed by atoms with van der Waals surface area (Å²) in [5, 5.41) is 4.31. The fourth-order valence-electron chi connectivity index (χ4n) is 3.62. The molecule has 0 amide bonds. The maximum absolute atomic E-state index is 12.8. The smallest absolute Gasteiger partial charge is 0.332 e. The van der Waals surface area contributed by atoms with Gasteiger partial charge in [0.2, 0.25) is 5.95 Å². The molecule has 0 spiro atoms. The number of unbranched alkanes of at least 4 members (excludes halogenated alkanes) is 1. The average Bonchev–Trinajstić information content (AvgIpc) is 3.23. The third-order valence-electron chi connectivity index (χ3n) is 5.59. The van der Waals surface area contributed by atoms with Crippen LogP contribution in [0.3, 0.4) is 0 Å². The molecule has 2 aromatic carbocycles. The Balaban J connectivity index is 1.52. The number of hydrazone groups is 1. The van der Waals surface area contributed by atoms with Crippen LogP contribution >= 0.6 is 0 Å². The van der Waals surface area contributed by atoms with Gasteiger partial charge in [-0.3, -0.25) is 13.9 Å². The lowest BCUT2D eigenvalue weighted by atomic mass is 10.2. The van der Waals surface area contributed by atoms with E-state index in [0.717, 1.165) is 34.3 Å². The monoisotopic (exact) mass is 460 g/mol. The minimum atomic E-state index is -0.415. The van der Waals surface area contributed by atoms with E-state index in [1.807, 2.05) is 54.6 Å². The van der Waals surface area contributed by atoms with E-state index in [1.54, 1.807) is 17.8 Å². The van der Waals surface area contributed by atoms with Gasteiger partial charge in [-0.05, 0) is 41.8 Å². The van der Waals surface area contributed by atoms with E-state index < -0.39 is 5.69 Å². The van der Waals surface area contributed by atoms with Gasteiger partial charge in [-0.1, -0.05) is 43.7 Å². The highest BCUT2D eigenvalue weighted by Crippen LogP contribution is 2.17. The van der Waals surface area contributed by atoms with Crippen LogP contribution in [0.4, 0.5) is 5.95 Å². The molecule has 9 heteroatoms. The fourth-order valence-corrected chi connectivity index (χ4v) is 3.62. The van der Waals surface area contributed by atoms with Gasteiger partial charge in [0, 0.05) is 20.6 Å². The molecule has 2 heterocycles. The van der Waals surface area contributed by atoms with E-state index in [4.69, 9.17) is 4.74 Å². The molecule has 0 saturated carbocycles. The number of imidazole rings is 1. The first-order valence-electron chi connectivity index (χ1n) is 11.2. The maximum Gasteiger partial charge on any atom is 0.332 e. The van der Waals surface area contributed by atoms with Gasteiger partial charge in [0.15, 0.2) is 11.2 Å². The minimum absolute atomic E-state index is 0.335. The van der Waals surface area contributed by atoms with Gasteiger partial charge < -0.3 is 9.30 Å². The highest BCUT2D eigenvalue weighted by Gasteiger charge is 2.18. The summed E-state index contributed by atoms with van der Waals surface area (Å²) >= 11 is 0. The zero-order valence-corrected chi connectivity index (χ0v) is 19.6. The standard InChI is InChI=1S/C25H28N6O3/c1-4-5-15-31-21-22(29(2)25(33)30(3)23(21)32)27-24(31)28-26-16-18-11-13-20(14-12-18)34-17-19-9-7-6-8-10-19/h6-14,16H,4-5,15,17H2,1-3H3,(H,27,28). The predicted molar refractivity (Wildman–Crippen MR) is 134 cm³/mol. The number of hydrogen-bond acceptors (Lipinski definition) is 6. The fraction of sp³-hybridized carbons (Fsp3) is 0.280. The Morgan fingerprint density at radius 2 is 1.76 bits per heavy atom. The van der Waals surface area contributed by atoms with E-state index in [-0.39, 0.29) is 5.56 Å². The summed E-state index contributed by atoms with van der Waals surface area (Å²) in [5.41, 5.74) is 4.86. The van der Waals surface area contributed by atoms with E-state index in [1.165, 1.54) is 11.6 Å². The molecule has 0 bridgehead atoms. The van der Waals surface area contributed by atoms with Crippen molar-refractivity contribution in [1.82, 2.24) is 18.7 Å². The molecule has 0 radical (unpaired) electrons. The average molecular weight is 461 g/mol. The summed E-state index contributed by atoms with van der Waals surface area (Å²) in [6.45, 7) is 3.17. The topological polar surface area (TPSA) is 95.4 Å². The molecule has 0 aliphatic rings. The molecular formula is C25H28N6O3. The van der Waals surface area contributed by atoms with Gasteiger partial charge in [-0.2, -0.15) is 10.1 Å². The van der Waals surface area contributed by atoms with Crippen molar-refractivity contribution in [3.8, 4) is 5.75 Å². The van der Waals surface area contributed by atoms with Crippen LogP contribution in [0.1, 0.15) is 30.9 Å². The lowest BCUT2D eigenvalue weighted by molar-refractivity contribution is 0.306. The second-order valence-electron chi connectivity index (χ2n) is 8.03. The summed E-state index contributed by atoms with van der Waals surface area (Å²) in [6.07, 6.45) is 3.48. The van der Waals surface area contributed by atoms with Gasteiger partial charge in [0.05, 0.1) is 6.21 Å². The second kappa shape index (κ2) is 10.2.